The van der Waals surface area contributed by atoms with Crippen molar-refractivity contribution >= 4 is 52.1 Å². The van der Waals surface area contributed by atoms with Gasteiger partial charge in [0.25, 0.3) is 0 Å². The van der Waals surface area contributed by atoms with Crippen LogP contribution in [0, 0.1) is 0 Å². The molecule has 0 spiro atoms. The van der Waals surface area contributed by atoms with Gasteiger partial charge in [-0.15, -0.1) is 0 Å². The Kier molecular flexibility index (Phi) is 5.16. The zero-order valence-electron chi connectivity index (χ0n) is 13.3. The highest BCUT2D eigenvalue weighted by atomic mass is 35.5. The van der Waals surface area contributed by atoms with E-state index in [0.29, 0.717) is 33.1 Å². The van der Waals surface area contributed by atoms with Gasteiger partial charge in [0.2, 0.25) is 5.95 Å². The second kappa shape index (κ2) is 7.51. The molecule has 3 aromatic rings. The van der Waals surface area contributed by atoms with Crippen LogP contribution in [0.25, 0.3) is 0 Å². The molecule has 1 heterocycles. The van der Waals surface area contributed by atoms with Crippen molar-refractivity contribution in [2.24, 2.45) is 0 Å². The number of benzene rings is 2. The lowest BCUT2D eigenvalue weighted by Crippen LogP contribution is -2.01. The quantitative estimate of drug-likeness (QED) is 0.580. The lowest BCUT2D eigenvalue weighted by Gasteiger charge is -2.10. The summed E-state index contributed by atoms with van der Waals surface area (Å²) in [6.45, 7) is 1.53. The fourth-order valence-corrected chi connectivity index (χ4v) is 2.59. The van der Waals surface area contributed by atoms with Crippen LogP contribution in [0.2, 0.25) is 10.0 Å². The van der Waals surface area contributed by atoms with Gasteiger partial charge in [-0.3, -0.25) is 4.79 Å². The van der Waals surface area contributed by atoms with E-state index in [1.54, 1.807) is 54.7 Å². The van der Waals surface area contributed by atoms with Gasteiger partial charge in [-0.2, -0.15) is 4.98 Å². The summed E-state index contributed by atoms with van der Waals surface area (Å²) in [5.41, 5.74) is 2.13. The Bertz CT molecular complexity index is 913. The lowest BCUT2D eigenvalue weighted by molar-refractivity contribution is 0.101. The third-order valence-corrected chi connectivity index (χ3v) is 3.94. The summed E-state index contributed by atoms with van der Waals surface area (Å²) in [7, 11) is 0. The molecule has 0 radical (unpaired) electrons. The number of nitrogens with zero attached hydrogens (tertiary/aromatic N) is 2. The number of carbonyl (C=O) groups excluding carboxylic acids is 1. The molecule has 0 unspecified atom stereocenters. The highest BCUT2D eigenvalue weighted by molar-refractivity contribution is 6.36. The molecule has 0 bridgehead atoms. The summed E-state index contributed by atoms with van der Waals surface area (Å²) in [6.07, 6.45) is 1.63. The van der Waals surface area contributed by atoms with E-state index in [0.717, 1.165) is 5.69 Å². The maximum absolute atomic E-state index is 11.3. The number of hydrogen-bond acceptors (Lipinski definition) is 5. The predicted molar refractivity (Wildman–Crippen MR) is 102 cm³/mol. The molecule has 126 valence electrons. The van der Waals surface area contributed by atoms with Gasteiger partial charge in [0.05, 0.1) is 10.7 Å². The number of ketones is 1. The number of anilines is 4. The van der Waals surface area contributed by atoms with E-state index in [4.69, 9.17) is 23.2 Å². The van der Waals surface area contributed by atoms with Gasteiger partial charge in [-0.25, -0.2) is 4.98 Å². The molecule has 25 heavy (non-hydrogen) atoms. The molecular weight excluding hydrogens is 359 g/mol. The van der Waals surface area contributed by atoms with Crippen LogP contribution in [0.15, 0.2) is 54.7 Å². The molecule has 1 aromatic heterocycles. The Morgan fingerprint density at radius 1 is 1.00 bits per heavy atom. The first kappa shape index (κ1) is 17.2. The first-order chi connectivity index (χ1) is 12.0. The Hall–Kier alpha value is -2.63. The third kappa shape index (κ3) is 4.47. The maximum atomic E-state index is 11.3. The summed E-state index contributed by atoms with van der Waals surface area (Å²) < 4.78 is 0. The van der Waals surface area contributed by atoms with Crippen molar-refractivity contribution in [3.63, 3.8) is 0 Å². The van der Waals surface area contributed by atoms with Gasteiger partial charge >= 0.3 is 0 Å². The van der Waals surface area contributed by atoms with Crippen LogP contribution in [0.3, 0.4) is 0 Å². The Labute approximate surface area is 155 Å². The average molecular weight is 373 g/mol. The molecule has 0 aliphatic rings. The normalized spacial score (nSPS) is 10.4. The molecule has 0 aliphatic carbocycles. The van der Waals surface area contributed by atoms with Gasteiger partial charge in [-0.05, 0) is 55.5 Å². The zero-order chi connectivity index (χ0) is 17.8. The number of rotatable bonds is 5. The van der Waals surface area contributed by atoms with Crippen molar-refractivity contribution in [3.05, 3.63) is 70.3 Å². The standard InChI is InChI=1S/C18H14Cl2N4O/c1-11(25)12-2-5-14(6-3-12)22-18-21-9-8-17(24-18)23-16-7-4-13(19)10-15(16)20/h2-10H,1H3,(H2,21,22,23,24). The topological polar surface area (TPSA) is 66.9 Å². The van der Waals surface area contributed by atoms with E-state index < -0.39 is 0 Å². The second-order valence-electron chi connectivity index (χ2n) is 5.27. The highest BCUT2D eigenvalue weighted by Crippen LogP contribution is 2.28. The van der Waals surface area contributed by atoms with Crippen molar-refractivity contribution < 1.29 is 4.79 Å². The number of carbonyl (C=O) groups is 1. The van der Waals surface area contributed by atoms with Crippen LogP contribution >= 0.6 is 23.2 Å². The van der Waals surface area contributed by atoms with Crippen LogP contribution in [-0.4, -0.2) is 15.8 Å². The Balaban J connectivity index is 1.76. The molecule has 7 heteroatoms. The first-order valence-electron chi connectivity index (χ1n) is 7.44. The minimum Gasteiger partial charge on any atom is -0.339 e. The number of aromatic nitrogens is 2. The zero-order valence-corrected chi connectivity index (χ0v) is 14.8. The van der Waals surface area contributed by atoms with Gasteiger partial charge in [-0.1, -0.05) is 23.2 Å². The van der Waals surface area contributed by atoms with Crippen LogP contribution in [0.4, 0.5) is 23.1 Å². The second-order valence-corrected chi connectivity index (χ2v) is 6.12. The number of Topliss-reactive ketones (excluding diaryl/α,β-unsaturated/α-hetero) is 1. The molecule has 0 atom stereocenters. The molecule has 0 aliphatic heterocycles. The van der Waals surface area contributed by atoms with E-state index in [9.17, 15) is 4.79 Å². The van der Waals surface area contributed by atoms with Gasteiger partial charge in [0, 0.05) is 22.5 Å². The van der Waals surface area contributed by atoms with Crippen LogP contribution in [-0.2, 0) is 0 Å². The fraction of sp³-hybridized carbons (Fsp3) is 0.0556. The molecule has 2 N–H and O–H groups in total. The Morgan fingerprint density at radius 3 is 2.44 bits per heavy atom. The lowest BCUT2D eigenvalue weighted by atomic mass is 10.1. The van der Waals surface area contributed by atoms with E-state index in [1.165, 1.54) is 6.92 Å². The van der Waals surface area contributed by atoms with Crippen molar-refractivity contribution in [1.82, 2.24) is 9.97 Å². The minimum atomic E-state index is 0.0221. The average Bonchev–Trinajstić information content (AvgIpc) is 2.58. The fourth-order valence-electron chi connectivity index (χ4n) is 2.13. The van der Waals surface area contributed by atoms with Crippen LogP contribution in [0.5, 0.6) is 0 Å². The van der Waals surface area contributed by atoms with Crippen LogP contribution in [0.1, 0.15) is 17.3 Å². The minimum absolute atomic E-state index is 0.0221. The molecule has 0 saturated heterocycles. The first-order valence-corrected chi connectivity index (χ1v) is 8.20. The van der Waals surface area contributed by atoms with E-state index >= 15 is 0 Å². The monoisotopic (exact) mass is 372 g/mol. The van der Waals surface area contributed by atoms with E-state index in [1.807, 2.05) is 0 Å². The summed E-state index contributed by atoms with van der Waals surface area (Å²) >= 11 is 12.1. The predicted octanol–water partition coefficient (Wildman–Crippen LogP) is 5.47. The molecule has 0 saturated carbocycles. The molecule has 0 amide bonds. The van der Waals surface area contributed by atoms with Crippen LogP contribution < -0.4 is 10.6 Å². The molecule has 5 nitrogen and oxygen atoms in total. The van der Waals surface area contributed by atoms with Crippen molar-refractivity contribution in [2.45, 2.75) is 6.92 Å². The van der Waals surface area contributed by atoms with Gasteiger partial charge in [0.1, 0.15) is 5.82 Å². The van der Waals surface area contributed by atoms with Crippen molar-refractivity contribution in [3.8, 4) is 0 Å². The van der Waals surface area contributed by atoms with E-state index in [2.05, 4.69) is 20.6 Å². The van der Waals surface area contributed by atoms with Gasteiger partial charge < -0.3 is 10.6 Å². The highest BCUT2D eigenvalue weighted by Gasteiger charge is 2.05. The third-order valence-electron chi connectivity index (χ3n) is 3.40. The maximum Gasteiger partial charge on any atom is 0.229 e. The number of hydrogen-bond donors (Lipinski definition) is 2. The Morgan fingerprint density at radius 2 is 1.76 bits per heavy atom. The number of halogens is 2. The van der Waals surface area contributed by atoms with Crippen molar-refractivity contribution in [1.29, 1.82) is 0 Å². The summed E-state index contributed by atoms with van der Waals surface area (Å²) in [5, 5.41) is 7.28. The molecular formula is C18H14Cl2N4O. The summed E-state index contributed by atoms with van der Waals surface area (Å²) in [5.74, 6) is 1.03. The van der Waals surface area contributed by atoms with E-state index in [-0.39, 0.29) is 5.78 Å². The molecule has 2 aromatic carbocycles. The molecule has 0 fully saturated rings. The van der Waals surface area contributed by atoms with Gasteiger partial charge in [0.15, 0.2) is 5.78 Å². The SMILES string of the molecule is CC(=O)c1ccc(Nc2nccc(Nc3ccc(Cl)cc3Cl)n2)cc1. The largest absolute Gasteiger partial charge is 0.339 e. The van der Waals surface area contributed by atoms with Crippen molar-refractivity contribution in [2.75, 3.05) is 10.6 Å². The number of nitrogens with one attached hydrogen (secondary N) is 2. The summed E-state index contributed by atoms with van der Waals surface area (Å²) in [4.78, 5) is 19.9. The smallest absolute Gasteiger partial charge is 0.229 e. The molecule has 3 rings (SSSR count). The summed E-state index contributed by atoms with van der Waals surface area (Å²) in [6, 6.07) is 14.0.